The summed E-state index contributed by atoms with van der Waals surface area (Å²) in [6.45, 7) is 1.63. The monoisotopic (exact) mass is 489 g/mol. The molecule has 4 aromatic rings. The van der Waals surface area contributed by atoms with Crippen molar-refractivity contribution in [1.29, 1.82) is 0 Å². The number of nitrogens with one attached hydrogen (secondary N) is 2. The molecule has 1 amide bonds. The first kappa shape index (κ1) is 23.7. The topological polar surface area (TPSA) is 123 Å². The highest BCUT2D eigenvalue weighted by molar-refractivity contribution is 6.30. The van der Waals surface area contributed by atoms with E-state index in [2.05, 4.69) is 20.7 Å². The molecule has 0 unspecified atom stereocenters. The standard InChI is InChI=1S/C25H20ClN5O4/c1-16-6-8-17(9-7-16)23-24(18-10-12-20(26)13-11-18)29-30-25(23)35-15-22(32)28-27-14-19-4-2-3-5-21(19)31(33)34/h2-14H,15H2,1H3,(H,28,32)(H,29,30)/b27-14+. The van der Waals surface area contributed by atoms with Gasteiger partial charge in [0.2, 0.25) is 5.88 Å². The normalized spacial score (nSPS) is 10.9. The number of ether oxygens (including phenoxy) is 1. The average Bonchev–Trinajstić information content (AvgIpc) is 3.28. The second-order valence-electron chi connectivity index (χ2n) is 7.55. The third-order valence-electron chi connectivity index (χ3n) is 5.07. The van der Waals surface area contributed by atoms with Crippen LogP contribution in [0.15, 0.2) is 77.9 Å². The first-order chi connectivity index (χ1) is 16.9. The molecule has 1 heterocycles. The van der Waals surface area contributed by atoms with Gasteiger partial charge in [0.1, 0.15) is 0 Å². The first-order valence-electron chi connectivity index (χ1n) is 10.5. The van der Waals surface area contributed by atoms with Crippen LogP contribution in [-0.4, -0.2) is 33.8 Å². The highest BCUT2D eigenvalue weighted by Gasteiger charge is 2.19. The van der Waals surface area contributed by atoms with Gasteiger partial charge in [-0.1, -0.05) is 65.7 Å². The van der Waals surface area contributed by atoms with Gasteiger partial charge >= 0.3 is 0 Å². The summed E-state index contributed by atoms with van der Waals surface area (Å²) in [5.41, 5.74) is 6.69. The number of nitrogens with zero attached hydrogens (tertiary/aromatic N) is 3. The van der Waals surface area contributed by atoms with Gasteiger partial charge in [-0.05, 0) is 30.7 Å². The van der Waals surface area contributed by atoms with Crippen LogP contribution in [0.5, 0.6) is 5.88 Å². The summed E-state index contributed by atoms with van der Waals surface area (Å²) in [5, 5.41) is 22.8. The molecule has 10 heteroatoms. The van der Waals surface area contributed by atoms with E-state index in [1.807, 2.05) is 43.3 Å². The summed E-state index contributed by atoms with van der Waals surface area (Å²) in [7, 11) is 0. The van der Waals surface area contributed by atoms with Crippen molar-refractivity contribution in [2.45, 2.75) is 6.92 Å². The molecule has 0 saturated heterocycles. The molecule has 2 N–H and O–H groups in total. The Morgan fingerprint density at radius 3 is 2.51 bits per heavy atom. The van der Waals surface area contributed by atoms with Crippen LogP contribution in [0.2, 0.25) is 5.02 Å². The molecule has 0 saturated carbocycles. The molecular weight excluding hydrogens is 470 g/mol. The number of rotatable bonds is 8. The highest BCUT2D eigenvalue weighted by atomic mass is 35.5. The molecule has 0 fully saturated rings. The van der Waals surface area contributed by atoms with E-state index in [0.717, 1.165) is 22.4 Å². The zero-order valence-corrected chi connectivity index (χ0v) is 19.3. The van der Waals surface area contributed by atoms with E-state index < -0.39 is 10.8 Å². The minimum Gasteiger partial charge on any atom is -0.466 e. The molecule has 0 spiro atoms. The van der Waals surface area contributed by atoms with E-state index in [1.54, 1.807) is 24.3 Å². The van der Waals surface area contributed by atoms with Gasteiger partial charge in [-0.15, -0.1) is 5.10 Å². The van der Waals surface area contributed by atoms with Crippen molar-refractivity contribution in [3.8, 4) is 28.3 Å². The number of carbonyl (C=O) groups is 1. The van der Waals surface area contributed by atoms with E-state index in [1.165, 1.54) is 18.3 Å². The van der Waals surface area contributed by atoms with Crippen LogP contribution < -0.4 is 10.2 Å². The lowest BCUT2D eigenvalue weighted by Crippen LogP contribution is -2.24. The molecule has 4 rings (SSSR count). The van der Waals surface area contributed by atoms with Crippen molar-refractivity contribution in [3.05, 3.63) is 99.1 Å². The van der Waals surface area contributed by atoms with Crippen molar-refractivity contribution >= 4 is 29.4 Å². The van der Waals surface area contributed by atoms with Crippen LogP contribution in [0.1, 0.15) is 11.1 Å². The molecule has 35 heavy (non-hydrogen) atoms. The maximum absolute atomic E-state index is 12.3. The Labute approximate surface area is 205 Å². The zero-order valence-electron chi connectivity index (χ0n) is 18.6. The summed E-state index contributed by atoms with van der Waals surface area (Å²) >= 11 is 6.03. The molecule has 0 atom stereocenters. The van der Waals surface area contributed by atoms with E-state index in [9.17, 15) is 14.9 Å². The van der Waals surface area contributed by atoms with Crippen molar-refractivity contribution in [1.82, 2.24) is 15.6 Å². The lowest BCUT2D eigenvalue weighted by Gasteiger charge is -2.08. The van der Waals surface area contributed by atoms with Crippen LogP contribution in [0.3, 0.4) is 0 Å². The third-order valence-corrected chi connectivity index (χ3v) is 5.32. The summed E-state index contributed by atoms with van der Waals surface area (Å²) in [6.07, 6.45) is 1.21. The fourth-order valence-corrected chi connectivity index (χ4v) is 3.47. The number of hydrogen-bond acceptors (Lipinski definition) is 6. The van der Waals surface area contributed by atoms with Crippen molar-refractivity contribution in [2.24, 2.45) is 5.10 Å². The Kier molecular flexibility index (Phi) is 7.18. The lowest BCUT2D eigenvalue weighted by atomic mass is 10.0. The van der Waals surface area contributed by atoms with Gasteiger partial charge < -0.3 is 4.74 Å². The first-order valence-corrected chi connectivity index (χ1v) is 10.9. The fourth-order valence-electron chi connectivity index (χ4n) is 3.35. The molecule has 1 aromatic heterocycles. The van der Waals surface area contributed by atoms with Gasteiger partial charge in [0, 0.05) is 16.7 Å². The number of halogens is 1. The summed E-state index contributed by atoms with van der Waals surface area (Å²) < 4.78 is 5.71. The van der Waals surface area contributed by atoms with Crippen LogP contribution in [-0.2, 0) is 4.79 Å². The smallest absolute Gasteiger partial charge is 0.278 e. The number of nitro benzene ring substituents is 1. The number of hydrogen-bond donors (Lipinski definition) is 2. The van der Waals surface area contributed by atoms with Gasteiger partial charge in [0.05, 0.1) is 28.0 Å². The molecule has 3 aromatic carbocycles. The van der Waals surface area contributed by atoms with E-state index >= 15 is 0 Å². The second-order valence-corrected chi connectivity index (χ2v) is 7.99. The second kappa shape index (κ2) is 10.6. The minimum absolute atomic E-state index is 0.115. The Morgan fingerprint density at radius 1 is 1.11 bits per heavy atom. The molecule has 0 radical (unpaired) electrons. The quantitative estimate of drug-likeness (QED) is 0.201. The third kappa shape index (κ3) is 5.71. The zero-order chi connectivity index (χ0) is 24.8. The molecule has 0 aliphatic heterocycles. The lowest BCUT2D eigenvalue weighted by molar-refractivity contribution is -0.385. The maximum atomic E-state index is 12.3. The number of aryl methyl sites for hydroxylation is 1. The number of amides is 1. The Balaban J connectivity index is 1.51. The van der Waals surface area contributed by atoms with Crippen molar-refractivity contribution in [2.75, 3.05) is 6.61 Å². The van der Waals surface area contributed by atoms with Crippen LogP contribution in [0.25, 0.3) is 22.4 Å². The van der Waals surface area contributed by atoms with Crippen molar-refractivity contribution < 1.29 is 14.5 Å². The number of benzene rings is 3. The molecule has 0 aliphatic rings. The fraction of sp³-hybridized carbons (Fsp3) is 0.0800. The summed E-state index contributed by atoms with van der Waals surface area (Å²) in [6, 6.07) is 21.2. The number of nitro groups is 1. The number of para-hydroxylation sites is 1. The molecule has 0 aliphatic carbocycles. The molecular formula is C25H20ClN5O4. The Bertz CT molecular complexity index is 1380. The summed E-state index contributed by atoms with van der Waals surface area (Å²) in [4.78, 5) is 22.9. The molecule has 9 nitrogen and oxygen atoms in total. The average molecular weight is 490 g/mol. The number of carbonyl (C=O) groups excluding carboxylic acids is 1. The predicted molar refractivity (Wildman–Crippen MR) is 134 cm³/mol. The SMILES string of the molecule is Cc1ccc(-c2c(OCC(=O)N/N=C/c3ccccc3[N+](=O)[O-])n[nH]c2-c2ccc(Cl)cc2)cc1. The largest absolute Gasteiger partial charge is 0.466 e. The van der Waals surface area contributed by atoms with Gasteiger partial charge in [-0.3, -0.25) is 20.0 Å². The van der Waals surface area contributed by atoms with Crippen LogP contribution >= 0.6 is 11.6 Å². The Morgan fingerprint density at radius 2 is 1.80 bits per heavy atom. The number of aromatic nitrogens is 2. The maximum Gasteiger partial charge on any atom is 0.278 e. The van der Waals surface area contributed by atoms with Gasteiger partial charge in [0.25, 0.3) is 11.6 Å². The van der Waals surface area contributed by atoms with E-state index in [-0.39, 0.29) is 23.7 Å². The van der Waals surface area contributed by atoms with Gasteiger partial charge in [-0.2, -0.15) is 5.10 Å². The highest BCUT2D eigenvalue weighted by Crippen LogP contribution is 2.37. The number of aromatic amines is 1. The number of hydrazone groups is 1. The van der Waals surface area contributed by atoms with Crippen LogP contribution in [0, 0.1) is 17.0 Å². The summed E-state index contributed by atoms with van der Waals surface area (Å²) in [5.74, 6) is -0.303. The molecule has 176 valence electrons. The van der Waals surface area contributed by atoms with Gasteiger partial charge in [-0.25, -0.2) is 5.43 Å². The Hall–Kier alpha value is -4.50. The molecule has 0 bridgehead atoms. The predicted octanol–water partition coefficient (Wildman–Crippen LogP) is 5.14. The minimum atomic E-state index is -0.550. The van der Waals surface area contributed by atoms with Gasteiger partial charge in [0.15, 0.2) is 6.61 Å². The van der Waals surface area contributed by atoms with E-state index in [0.29, 0.717) is 10.6 Å². The van der Waals surface area contributed by atoms with E-state index in [4.69, 9.17) is 16.3 Å². The van der Waals surface area contributed by atoms with Crippen molar-refractivity contribution in [3.63, 3.8) is 0 Å². The van der Waals surface area contributed by atoms with Crippen LogP contribution in [0.4, 0.5) is 5.69 Å². The number of H-pyrrole nitrogens is 1.